The largest absolute Gasteiger partial charge is 0.479 e. The van der Waals surface area contributed by atoms with Crippen molar-refractivity contribution in [3.05, 3.63) is 48.1 Å². The molecule has 0 aromatic heterocycles. The van der Waals surface area contributed by atoms with Gasteiger partial charge in [-0.2, -0.15) is 0 Å². The van der Waals surface area contributed by atoms with Gasteiger partial charge in [0.15, 0.2) is 13.6 Å². The lowest BCUT2D eigenvalue weighted by Gasteiger charge is -2.19. The number of ether oxygens (including phenoxy) is 5. The number of aliphatic carboxylic acids is 1. The van der Waals surface area contributed by atoms with Crippen molar-refractivity contribution in [3.63, 3.8) is 0 Å². The van der Waals surface area contributed by atoms with Crippen molar-refractivity contribution >= 4 is 25.7 Å². The highest BCUT2D eigenvalue weighted by molar-refractivity contribution is 6.76. The summed E-state index contributed by atoms with van der Waals surface area (Å²) in [5.74, 6) is -0.847. The Hall–Kier alpha value is -3.15. The summed E-state index contributed by atoms with van der Waals surface area (Å²) in [6.07, 6.45) is 6.25. The van der Waals surface area contributed by atoms with E-state index in [1.807, 2.05) is 32.9 Å². The summed E-state index contributed by atoms with van der Waals surface area (Å²) in [6.45, 7) is 16.6. The number of nitrogens with zero attached hydrogens (tertiary/aromatic N) is 1. The third kappa shape index (κ3) is 14.9. The molecule has 0 aliphatic rings. The summed E-state index contributed by atoms with van der Waals surface area (Å²) in [5, 5.41) is 13.0. The van der Waals surface area contributed by atoms with Gasteiger partial charge < -0.3 is 33.6 Å². The summed E-state index contributed by atoms with van der Waals surface area (Å²) in [4.78, 5) is 29.5. The first kappa shape index (κ1) is 34.9. The molecule has 224 valence electrons. The lowest BCUT2D eigenvalue weighted by molar-refractivity contribution is -0.142. The van der Waals surface area contributed by atoms with Crippen LogP contribution < -0.4 is 9.47 Å². The third-order valence-electron chi connectivity index (χ3n) is 5.42. The molecule has 1 aromatic carbocycles. The fourth-order valence-electron chi connectivity index (χ4n) is 3.12. The summed E-state index contributed by atoms with van der Waals surface area (Å²) >= 11 is 0. The fourth-order valence-corrected chi connectivity index (χ4v) is 3.83. The van der Waals surface area contributed by atoms with E-state index in [0.717, 1.165) is 6.04 Å². The molecule has 40 heavy (non-hydrogen) atoms. The molecule has 0 heterocycles. The van der Waals surface area contributed by atoms with Crippen LogP contribution in [-0.4, -0.2) is 70.8 Å². The van der Waals surface area contributed by atoms with Gasteiger partial charge in [-0.15, -0.1) is 6.58 Å². The molecule has 1 unspecified atom stereocenters. The van der Waals surface area contributed by atoms with Gasteiger partial charge >= 0.3 is 11.9 Å². The highest BCUT2D eigenvalue weighted by Crippen LogP contribution is 2.31. The van der Waals surface area contributed by atoms with Gasteiger partial charge in [-0.3, -0.25) is 0 Å². The fraction of sp³-hybridized carbons (Fsp3) is 0.552. The first-order valence-electron chi connectivity index (χ1n) is 13.5. The predicted molar refractivity (Wildman–Crippen MR) is 157 cm³/mol. The van der Waals surface area contributed by atoms with Crippen LogP contribution in [0.5, 0.6) is 11.5 Å². The minimum atomic E-state index is -1.45. The van der Waals surface area contributed by atoms with Gasteiger partial charge in [0.25, 0.3) is 0 Å². The minimum absolute atomic E-state index is 0.00283. The zero-order valence-electron chi connectivity index (χ0n) is 24.7. The zero-order valence-corrected chi connectivity index (χ0v) is 25.7. The van der Waals surface area contributed by atoms with Crippen molar-refractivity contribution in [2.45, 2.75) is 59.3 Å². The van der Waals surface area contributed by atoms with Crippen molar-refractivity contribution < 1.29 is 43.2 Å². The molecule has 0 aliphatic carbocycles. The van der Waals surface area contributed by atoms with E-state index in [1.54, 1.807) is 18.2 Å². The molecule has 11 heteroatoms. The Bertz CT molecular complexity index is 1000. The first-order chi connectivity index (χ1) is 19.0. The van der Waals surface area contributed by atoms with Gasteiger partial charge in [0.2, 0.25) is 6.61 Å². The van der Waals surface area contributed by atoms with Gasteiger partial charge in [0.1, 0.15) is 17.1 Å². The van der Waals surface area contributed by atoms with E-state index in [2.05, 4.69) is 31.4 Å². The van der Waals surface area contributed by atoms with Crippen LogP contribution in [0.15, 0.2) is 42.1 Å². The predicted octanol–water partition coefficient (Wildman–Crippen LogP) is 5.70. The van der Waals surface area contributed by atoms with E-state index in [9.17, 15) is 9.59 Å². The van der Waals surface area contributed by atoms with E-state index in [4.69, 9.17) is 33.6 Å². The Labute approximate surface area is 238 Å². The summed E-state index contributed by atoms with van der Waals surface area (Å²) < 4.78 is 28.0. The number of hydrogen-bond donors (Lipinski definition) is 1. The number of rotatable bonds is 21. The second-order valence-electron chi connectivity index (χ2n) is 10.2. The number of carboxylic acid groups (broad SMARTS) is 1. The molecule has 1 rings (SSSR count). The number of carboxylic acids is 1. The van der Waals surface area contributed by atoms with Crippen LogP contribution in [0.3, 0.4) is 0 Å². The van der Waals surface area contributed by atoms with Crippen LogP contribution in [0.4, 0.5) is 0 Å². The summed E-state index contributed by atoms with van der Waals surface area (Å²) in [5.41, 5.74) is 1.10. The number of hydrogen-bond acceptors (Lipinski definition) is 9. The maximum Gasteiger partial charge on any atom is 0.344 e. The highest BCUT2D eigenvalue weighted by atomic mass is 28.3. The van der Waals surface area contributed by atoms with Crippen LogP contribution in [0, 0.1) is 5.92 Å². The molecular formula is C29H45NO9Si. The Morgan fingerprint density at radius 1 is 1.10 bits per heavy atom. The number of allylic oxidation sites excluding steroid dienone is 3. The van der Waals surface area contributed by atoms with Crippen LogP contribution in [0.25, 0.3) is 0 Å². The van der Waals surface area contributed by atoms with E-state index in [-0.39, 0.29) is 43.8 Å². The lowest BCUT2D eigenvalue weighted by atomic mass is 9.99. The lowest BCUT2D eigenvalue weighted by Crippen LogP contribution is -2.23. The Balaban J connectivity index is 3.54. The second kappa shape index (κ2) is 19.0. The second-order valence-corrected chi connectivity index (χ2v) is 15.8. The van der Waals surface area contributed by atoms with Crippen molar-refractivity contribution in [1.82, 2.24) is 0 Å². The van der Waals surface area contributed by atoms with Crippen LogP contribution in [0.2, 0.25) is 25.7 Å². The summed E-state index contributed by atoms with van der Waals surface area (Å²) in [7, 11) is -1.45. The van der Waals surface area contributed by atoms with E-state index < -0.39 is 26.6 Å². The molecule has 1 N–H and O–H groups in total. The van der Waals surface area contributed by atoms with Crippen molar-refractivity contribution in [2.75, 3.05) is 40.0 Å². The topological polar surface area (TPSA) is 122 Å². The Kier molecular flexibility index (Phi) is 16.6. The molecule has 0 aliphatic heterocycles. The smallest absolute Gasteiger partial charge is 0.344 e. The maximum atomic E-state index is 13.4. The Morgan fingerprint density at radius 2 is 1.77 bits per heavy atom. The van der Waals surface area contributed by atoms with Crippen LogP contribution in [-0.2, 0) is 30.3 Å². The first-order valence-corrected chi connectivity index (χ1v) is 17.2. The number of carbonyl (C=O) groups is 2. The third-order valence-corrected chi connectivity index (χ3v) is 7.13. The quantitative estimate of drug-likeness (QED) is 0.0372. The molecule has 0 radical (unpaired) electrons. The van der Waals surface area contributed by atoms with Gasteiger partial charge in [-0.25, -0.2) is 9.59 Å². The highest BCUT2D eigenvalue weighted by Gasteiger charge is 2.24. The molecule has 0 spiro atoms. The molecular weight excluding hydrogens is 534 g/mol. The van der Waals surface area contributed by atoms with Crippen molar-refractivity contribution in [2.24, 2.45) is 11.1 Å². The monoisotopic (exact) mass is 579 g/mol. The minimum Gasteiger partial charge on any atom is -0.479 e. The number of carbonyl (C=O) groups excluding carboxylic acids is 1. The van der Waals surface area contributed by atoms with Gasteiger partial charge in [-0.05, 0) is 49.9 Å². The van der Waals surface area contributed by atoms with E-state index in [1.165, 1.54) is 0 Å². The number of oxime groups is 1. The van der Waals surface area contributed by atoms with E-state index >= 15 is 0 Å². The molecule has 0 saturated heterocycles. The normalized spacial score (nSPS) is 12.7. The number of esters is 1. The van der Waals surface area contributed by atoms with Crippen LogP contribution in [0.1, 0.15) is 43.1 Å². The molecule has 1 atom stereocenters. The van der Waals surface area contributed by atoms with Crippen molar-refractivity contribution in [1.29, 1.82) is 0 Å². The van der Waals surface area contributed by atoms with Gasteiger partial charge in [0.05, 0.1) is 12.3 Å². The Morgan fingerprint density at radius 3 is 2.38 bits per heavy atom. The molecule has 0 saturated carbocycles. The molecule has 10 nitrogen and oxygen atoms in total. The molecule has 1 aromatic rings. The average molecular weight is 580 g/mol. The average Bonchev–Trinajstić information content (AvgIpc) is 2.87. The maximum absolute atomic E-state index is 13.4. The van der Waals surface area contributed by atoms with Gasteiger partial charge in [-0.1, -0.05) is 43.9 Å². The molecule has 0 amide bonds. The SMILES string of the molecule is C=CC(C)C/C=C/C(Cc1cc(OCOCC)cc(OCOCC)c1C(=O)OCC[Si](C)(C)C)=N\OCC(=O)O. The van der Waals surface area contributed by atoms with Crippen LogP contribution >= 0.6 is 0 Å². The molecule has 0 bridgehead atoms. The number of benzene rings is 1. The summed E-state index contributed by atoms with van der Waals surface area (Å²) in [6, 6.07) is 4.09. The van der Waals surface area contributed by atoms with Gasteiger partial charge in [0, 0.05) is 33.8 Å². The van der Waals surface area contributed by atoms with E-state index in [0.29, 0.717) is 36.7 Å². The standard InChI is InChI=1S/C29H45NO9Si/c1-8-22(4)12-11-13-24(30-39-19-27(31)32)16-23-17-25(37-20-34-9-2)18-26(38-21-35-10-3)28(23)29(33)36-14-15-40(5,6)7/h8,11,13,17-18,22H,1,9-10,12,14-16,19-21H2,2-7H3,(H,31,32)/b13-11+,30-24+. The molecule has 0 fully saturated rings. The van der Waals surface area contributed by atoms with Crippen molar-refractivity contribution in [3.8, 4) is 11.5 Å². The zero-order chi connectivity index (χ0) is 30.0.